The maximum atomic E-state index is 6.28. The Balaban J connectivity index is 1.40. The van der Waals surface area contributed by atoms with Crippen LogP contribution in [0, 0.1) is 29.6 Å². The van der Waals surface area contributed by atoms with Crippen molar-refractivity contribution in [3.63, 3.8) is 0 Å². The summed E-state index contributed by atoms with van der Waals surface area (Å²) in [4.78, 5) is 0. The smallest absolute Gasteiger partial charge is 0.0361 e. The molecule has 0 unspecified atom stereocenters. The van der Waals surface area contributed by atoms with E-state index in [1.54, 1.807) is 0 Å². The first kappa shape index (κ1) is 12.6. The molecule has 0 spiro atoms. The molecule has 0 aromatic rings. The van der Waals surface area contributed by atoms with E-state index in [2.05, 4.69) is 5.32 Å². The molecule has 2 nitrogen and oxygen atoms in total. The van der Waals surface area contributed by atoms with E-state index >= 15 is 0 Å². The third-order valence-corrected chi connectivity index (χ3v) is 6.87. The molecule has 0 aromatic heterocycles. The van der Waals surface area contributed by atoms with Crippen LogP contribution < -0.4 is 11.1 Å². The fraction of sp³-hybridized carbons (Fsp3) is 1.00. The molecule has 4 bridgehead atoms. The Labute approximate surface area is 117 Å². The maximum absolute atomic E-state index is 6.28. The van der Waals surface area contributed by atoms with Crippen LogP contribution in [-0.2, 0) is 0 Å². The van der Waals surface area contributed by atoms with Gasteiger partial charge in [0.25, 0.3) is 0 Å². The Morgan fingerprint density at radius 1 is 0.947 bits per heavy atom. The van der Waals surface area contributed by atoms with Crippen molar-refractivity contribution in [2.24, 2.45) is 35.3 Å². The van der Waals surface area contributed by atoms with E-state index in [-0.39, 0.29) is 0 Å². The molecular formula is C17H30N2. The Morgan fingerprint density at radius 3 is 2.11 bits per heavy atom. The molecule has 19 heavy (non-hydrogen) atoms. The molecule has 0 saturated heterocycles. The van der Waals surface area contributed by atoms with Crippen LogP contribution in [0.1, 0.15) is 57.8 Å². The second kappa shape index (κ2) is 4.73. The summed E-state index contributed by atoms with van der Waals surface area (Å²) in [5.74, 6) is 4.98. The lowest BCUT2D eigenvalue weighted by Gasteiger charge is -2.61. The van der Waals surface area contributed by atoms with Crippen molar-refractivity contribution in [3.8, 4) is 0 Å². The number of rotatable bonds is 6. The van der Waals surface area contributed by atoms with Crippen molar-refractivity contribution in [2.45, 2.75) is 63.3 Å². The average molecular weight is 262 g/mol. The standard InChI is InChI=1S/C17H30N2/c18-11-17(19-5-1-2-12-3-4-12)15-7-13-6-14(9-15)10-16(17)8-13/h12-16,19H,1-11,18H2. The van der Waals surface area contributed by atoms with E-state index in [0.29, 0.717) is 5.54 Å². The van der Waals surface area contributed by atoms with Crippen LogP contribution in [0.5, 0.6) is 0 Å². The molecular weight excluding hydrogens is 232 g/mol. The Bertz CT molecular complexity index is 306. The van der Waals surface area contributed by atoms with E-state index in [9.17, 15) is 0 Å². The van der Waals surface area contributed by atoms with Gasteiger partial charge in [-0.15, -0.1) is 0 Å². The van der Waals surface area contributed by atoms with Gasteiger partial charge in [-0.1, -0.05) is 12.8 Å². The van der Waals surface area contributed by atoms with E-state index in [4.69, 9.17) is 5.73 Å². The second-order valence-corrected chi connectivity index (χ2v) is 8.06. The molecule has 108 valence electrons. The van der Waals surface area contributed by atoms with Gasteiger partial charge in [-0.2, -0.15) is 0 Å². The maximum Gasteiger partial charge on any atom is 0.0361 e. The van der Waals surface area contributed by atoms with E-state index in [1.165, 1.54) is 64.3 Å². The highest BCUT2D eigenvalue weighted by molar-refractivity contribution is 5.11. The van der Waals surface area contributed by atoms with Crippen molar-refractivity contribution < 1.29 is 0 Å². The lowest BCUT2D eigenvalue weighted by molar-refractivity contribution is -0.0691. The minimum Gasteiger partial charge on any atom is -0.329 e. The zero-order valence-corrected chi connectivity index (χ0v) is 12.2. The molecule has 5 aliphatic rings. The summed E-state index contributed by atoms with van der Waals surface area (Å²) in [7, 11) is 0. The van der Waals surface area contributed by atoms with Crippen molar-refractivity contribution in [3.05, 3.63) is 0 Å². The largest absolute Gasteiger partial charge is 0.329 e. The third kappa shape index (κ3) is 2.15. The minimum absolute atomic E-state index is 0.330. The molecule has 0 amide bonds. The topological polar surface area (TPSA) is 38.0 Å². The van der Waals surface area contributed by atoms with Crippen molar-refractivity contribution >= 4 is 0 Å². The zero-order valence-electron chi connectivity index (χ0n) is 12.2. The van der Waals surface area contributed by atoms with Gasteiger partial charge in [0.05, 0.1) is 0 Å². The highest BCUT2D eigenvalue weighted by Crippen LogP contribution is 2.57. The lowest BCUT2D eigenvalue weighted by atomic mass is 9.48. The average Bonchev–Trinajstić information content (AvgIpc) is 3.21. The normalized spacial score (nSPS) is 47.8. The summed E-state index contributed by atoms with van der Waals surface area (Å²) in [6, 6.07) is 0. The molecule has 5 aliphatic carbocycles. The zero-order chi connectivity index (χ0) is 12.9. The van der Waals surface area contributed by atoms with Gasteiger partial charge in [0.1, 0.15) is 0 Å². The van der Waals surface area contributed by atoms with Gasteiger partial charge in [0, 0.05) is 12.1 Å². The number of hydrogen-bond acceptors (Lipinski definition) is 2. The Hall–Kier alpha value is -0.0800. The fourth-order valence-corrected chi connectivity index (χ4v) is 5.84. The van der Waals surface area contributed by atoms with Crippen LogP contribution >= 0.6 is 0 Å². The lowest BCUT2D eigenvalue weighted by Crippen LogP contribution is -2.68. The number of hydrogen-bond donors (Lipinski definition) is 2. The quantitative estimate of drug-likeness (QED) is 0.722. The first-order valence-electron chi connectivity index (χ1n) is 8.75. The molecule has 5 saturated carbocycles. The number of nitrogens with one attached hydrogen (secondary N) is 1. The van der Waals surface area contributed by atoms with E-state index in [1.807, 2.05) is 0 Å². The van der Waals surface area contributed by atoms with Gasteiger partial charge in [-0.05, 0) is 81.1 Å². The van der Waals surface area contributed by atoms with Gasteiger partial charge < -0.3 is 11.1 Å². The Kier molecular flexibility index (Phi) is 3.15. The predicted molar refractivity (Wildman–Crippen MR) is 78.8 cm³/mol. The SMILES string of the molecule is NCC1(NCCCC2CC2)C2CC3CC(C2)CC1C3. The summed E-state index contributed by atoms with van der Waals surface area (Å²) < 4.78 is 0. The van der Waals surface area contributed by atoms with Gasteiger partial charge >= 0.3 is 0 Å². The summed E-state index contributed by atoms with van der Waals surface area (Å²) in [6.45, 7) is 2.10. The van der Waals surface area contributed by atoms with Crippen molar-refractivity contribution in [1.82, 2.24) is 5.32 Å². The summed E-state index contributed by atoms with van der Waals surface area (Å²) in [5.41, 5.74) is 6.61. The monoisotopic (exact) mass is 262 g/mol. The summed E-state index contributed by atoms with van der Waals surface area (Å²) in [5, 5.41) is 3.99. The molecule has 0 aliphatic heterocycles. The van der Waals surface area contributed by atoms with Crippen LogP contribution in [0.15, 0.2) is 0 Å². The first-order chi connectivity index (χ1) is 9.30. The van der Waals surface area contributed by atoms with Crippen LogP contribution in [0.3, 0.4) is 0 Å². The van der Waals surface area contributed by atoms with Crippen molar-refractivity contribution in [2.75, 3.05) is 13.1 Å². The second-order valence-electron chi connectivity index (χ2n) is 8.06. The highest BCUT2D eigenvalue weighted by atomic mass is 15.0. The molecule has 0 aromatic carbocycles. The Morgan fingerprint density at radius 2 is 1.58 bits per heavy atom. The predicted octanol–water partition coefficient (Wildman–Crippen LogP) is 2.92. The molecule has 0 heterocycles. The van der Waals surface area contributed by atoms with Crippen LogP contribution in [0.2, 0.25) is 0 Å². The fourth-order valence-electron chi connectivity index (χ4n) is 5.84. The molecule has 0 atom stereocenters. The van der Waals surface area contributed by atoms with E-state index in [0.717, 1.165) is 36.1 Å². The summed E-state index contributed by atoms with van der Waals surface area (Å²) in [6.07, 6.45) is 13.2. The van der Waals surface area contributed by atoms with Gasteiger partial charge in [0.15, 0.2) is 0 Å². The van der Waals surface area contributed by atoms with Gasteiger partial charge in [-0.3, -0.25) is 0 Å². The first-order valence-corrected chi connectivity index (χ1v) is 8.75. The van der Waals surface area contributed by atoms with Gasteiger partial charge in [0.2, 0.25) is 0 Å². The minimum atomic E-state index is 0.330. The number of nitrogens with two attached hydrogens (primary N) is 1. The van der Waals surface area contributed by atoms with Crippen LogP contribution in [0.4, 0.5) is 0 Å². The van der Waals surface area contributed by atoms with Crippen LogP contribution in [-0.4, -0.2) is 18.6 Å². The van der Waals surface area contributed by atoms with Gasteiger partial charge in [-0.25, -0.2) is 0 Å². The van der Waals surface area contributed by atoms with E-state index < -0.39 is 0 Å². The molecule has 0 radical (unpaired) electrons. The van der Waals surface area contributed by atoms with Crippen molar-refractivity contribution in [1.29, 1.82) is 0 Å². The molecule has 3 N–H and O–H groups in total. The van der Waals surface area contributed by atoms with Crippen LogP contribution in [0.25, 0.3) is 0 Å². The molecule has 5 rings (SSSR count). The molecule has 5 fully saturated rings. The summed E-state index contributed by atoms with van der Waals surface area (Å²) >= 11 is 0. The molecule has 2 heteroatoms. The third-order valence-electron chi connectivity index (χ3n) is 6.87. The highest BCUT2D eigenvalue weighted by Gasteiger charge is 2.56.